The molecule has 2 nitrogen and oxygen atoms in total. The summed E-state index contributed by atoms with van der Waals surface area (Å²) in [5.41, 5.74) is 4.22. The fourth-order valence-corrected chi connectivity index (χ4v) is 2.11. The van der Waals surface area contributed by atoms with E-state index in [-0.39, 0.29) is 5.91 Å². The zero-order valence-corrected chi connectivity index (χ0v) is 9.92. The third-order valence-electron chi connectivity index (χ3n) is 3.03. The predicted molar refractivity (Wildman–Crippen MR) is 66.4 cm³/mol. The number of aryl methyl sites for hydroxylation is 2. The molecular formula is C14H17NO. The van der Waals surface area contributed by atoms with Crippen molar-refractivity contribution in [1.82, 2.24) is 0 Å². The quantitative estimate of drug-likeness (QED) is 0.703. The van der Waals surface area contributed by atoms with Crippen LogP contribution in [0.1, 0.15) is 30.4 Å². The number of hydrogen-bond donors (Lipinski definition) is 0. The third kappa shape index (κ3) is 1.87. The molecule has 16 heavy (non-hydrogen) atoms. The van der Waals surface area contributed by atoms with Gasteiger partial charge < -0.3 is 0 Å². The molecule has 0 N–H and O–H groups in total. The first-order valence-electron chi connectivity index (χ1n) is 5.67. The van der Waals surface area contributed by atoms with Crippen LogP contribution in [0.2, 0.25) is 0 Å². The van der Waals surface area contributed by atoms with E-state index >= 15 is 0 Å². The van der Waals surface area contributed by atoms with Gasteiger partial charge in [-0.1, -0.05) is 18.7 Å². The second-order valence-electron chi connectivity index (χ2n) is 4.44. The highest BCUT2D eigenvalue weighted by molar-refractivity contribution is 5.98. The van der Waals surface area contributed by atoms with Gasteiger partial charge in [0.2, 0.25) is 5.91 Å². The van der Waals surface area contributed by atoms with Crippen molar-refractivity contribution in [3.8, 4) is 0 Å². The summed E-state index contributed by atoms with van der Waals surface area (Å²) in [4.78, 5) is 13.7. The summed E-state index contributed by atoms with van der Waals surface area (Å²) in [6.07, 6.45) is 2.48. The van der Waals surface area contributed by atoms with Crippen molar-refractivity contribution in [1.29, 1.82) is 0 Å². The van der Waals surface area contributed by atoms with Crippen molar-refractivity contribution in [2.24, 2.45) is 0 Å². The van der Waals surface area contributed by atoms with Crippen LogP contribution in [0.5, 0.6) is 0 Å². The Morgan fingerprint density at radius 3 is 2.69 bits per heavy atom. The van der Waals surface area contributed by atoms with Gasteiger partial charge in [-0.3, -0.25) is 9.69 Å². The number of carbonyl (C=O) groups excluding carboxylic acids is 1. The Morgan fingerprint density at radius 1 is 1.25 bits per heavy atom. The Morgan fingerprint density at radius 2 is 2.00 bits per heavy atom. The van der Waals surface area contributed by atoms with E-state index in [1.807, 2.05) is 13.8 Å². The number of amides is 1. The molecule has 84 valence electrons. The highest BCUT2D eigenvalue weighted by atomic mass is 16.2. The van der Waals surface area contributed by atoms with E-state index in [1.165, 1.54) is 5.56 Å². The summed E-state index contributed by atoms with van der Waals surface area (Å²) in [5.74, 6) is 0.171. The van der Waals surface area contributed by atoms with Gasteiger partial charge in [-0.15, -0.1) is 0 Å². The monoisotopic (exact) mass is 215 g/mol. The van der Waals surface area contributed by atoms with Crippen LogP contribution >= 0.6 is 0 Å². The van der Waals surface area contributed by atoms with Gasteiger partial charge in [-0.25, -0.2) is 0 Å². The standard InChI is InChI=1S/C14H17NO/c1-10-7-8-11(2)13(9-10)15-12(3)5-4-6-14(15)16/h7-9H,3-6H2,1-2H3. The van der Waals surface area contributed by atoms with Crippen LogP contribution in [0, 0.1) is 13.8 Å². The zero-order valence-electron chi connectivity index (χ0n) is 9.92. The lowest BCUT2D eigenvalue weighted by molar-refractivity contribution is -0.118. The SMILES string of the molecule is C=C1CCCC(=O)N1c1cc(C)ccc1C. The molecule has 1 aromatic rings. The lowest BCUT2D eigenvalue weighted by atomic mass is 10.0. The van der Waals surface area contributed by atoms with E-state index in [0.717, 1.165) is 29.8 Å². The molecule has 1 saturated heterocycles. The van der Waals surface area contributed by atoms with E-state index in [4.69, 9.17) is 0 Å². The summed E-state index contributed by atoms with van der Waals surface area (Å²) >= 11 is 0. The van der Waals surface area contributed by atoms with Gasteiger partial charge in [0.15, 0.2) is 0 Å². The second-order valence-corrected chi connectivity index (χ2v) is 4.44. The lowest BCUT2D eigenvalue weighted by Crippen LogP contribution is -2.33. The largest absolute Gasteiger partial charge is 0.285 e. The van der Waals surface area contributed by atoms with Crippen molar-refractivity contribution >= 4 is 11.6 Å². The second kappa shape index (κ2) is 4.12. The minimum Gasteiger partial charge on any atom is -0.285 e. The molecule has 0 radical (unpaired) electrons. The third-order valence-corrected chi connectivity index (χ3v) is 3.03. The van der Waals surface area contributed by atoms with Crippen LogP contribution in [-0.2, 0) is 4.79 Å². The zero-order chi connectivity index (χ0) is 11.7. The first kappa shape index (κ1) is 10.9. The molecule has 0 unspecified atom stereocenters. The Balaban J connectivity index is 2.45. The summed E-state index contributed by atoms with van der Waals surface area (Å²) < 4.78 is 0. The Kier molecular flexibility index (Phi) is 2.82. The van der Waals surface area contributed by atoms with Crippen LogP contribution in [-0.4, -0.2) is 5.91 Å². The highest BCUT2D eigenvalue weighted by Crippen LogP contribution is 2.30. The maximum atomic E-state index is 11.9. The lowest BCUT2D eigenvalue weighted by Gasteiger charge is -2.30. The Bertz CT molecular complexity index is 432. The van der Waals surface area contributed by atoms with Gasteiger partial charge in [0.1, 0.15) is 0 Å². The van der Waals surface area contributed by atoms with Crippen LogP contribution in [0.25, 0.3) is 0 Å². The van der Waals surface area contributed by atoms with E-state index in [0.29, 0.717) is 6.42 Å². The molecule has 0 aliphatic carbocycles. The van der Waals surface area contributed by atoms with Crippen LogP contribution in [0.15, 0.2) is 30.5 Å². The molecule has 1 fully saturated rings. The summed E-state index contributed by atoms with van der Waals surface area (Å²) in [6, 6.07) is 6.18. The number of nitrogens with zero attached hydrogens (tertiary/aromatic N) is 1. The minimum absolute atomic E-state index is 0.171. The molecule has 1 aromatic carbocycles. The Labute approximate surface area is 96.6 Å². The van der Waals surface area contributed by atoms with Crippen LogP contribution < -0.4 is 4.90 Å². The molecular weight excluding hydrogens is 198 g/mol. The first-order chi connectivity index (χ1) is 7.59. The number of rotatable bonds is 1. The molecule has 1 heterocycles. The van der Waals surface area contributed by atoms with Crippen molar-refractivity contribution < 1.29 is 4.79 Å². The van der Waals surface area contributed by atoms with Gasteiger partial charge in [0.25, 0.3) is 0 Å². The molecule has 1 aliphatic heterocycles. The molecule has 1 amide bonds. The molecule has 2 heteroatoms. The minimum atomic E-state index is 0.171. The highest BCUT2D eigenvalue weighted by Gasteiger charge is 2.24. The van der Waals surface area contributed by atoms with E-state index in [1.54, 1.807) is 4.90 Å². The van der Waals surface area contributed by atoms with Gasteiger partial charge >= 0.3 is 0 Å². The number of anilines is 1. The maximum Gasteiger partial charge on any atom is 0.231 e. The molecule has 2 rings (SSSR count). The smallest absolute Gasteiger partial charge is 0.231 e. The molecule has 1 aliphatic rings. The van der Waals surface area contributed by atoms with Gasteiger partial charge in [-0.05, 0) is 43.9 Å². The average molecular weight is 215 g/mol. The number of hydrogen-bond acceptors (Lipinski definition) is 1. The van der Waals surface area contributed by atoms with Crippen molar-refractivity contribution in [2.45, 2.75) is 33.1 Å². The maximum absolute atomic E-state index is 11.9. The number of carbonyl (C=O) groups is 1. The van der Waals surface area contributed by atoms with Gasteiger partial charge in [-0.2, -0.15) is 0 Å². The molecule has 0 spiro atoms. The average Bonchev–Trinajstić information content (AvgIpc) is 2.23. The topological polar surface area (TPSA) is 20.3 Å². The molecule has 0 saturated carbocycles. The van der Waals surface area contributed by atoms with Crippen LogP contribution in [0.4, 0.5) is 5.69 Å². The van der Waals surface area contributed by atoms with Crippen molar-refractivity contribution in [2.75, 3.05) is 4.90 Å². The normalized spacial score (nSPS) is 16.8. The molecule has 0 bridgehead atoms. The fraction of sp³-hybridized carbons (Fsp3) is 0.357. The van der Waals surface area contributed by atoms with E-state index < -0.39 is 0 Å². The van der Waals surface area contributed by atoms with Crippen molar-refractivity contribution in [3.63, 3.8) is 0 Å². The fourth-order valence-electron chi connectivity index (χ4n) is 2.11. The van der Waals surface area contributed by atoms with E-state index in [2.05, 4.69) is 24.8 Å². The molecule has 0 atom stereocenters. The van der Waals surface area contributed by atoms with E-state index in [9.17, 15) is 4.79 Å². The van der Waals surface area contributed by atoms with Gasteiger partial charge in [0, 0.05) is 12.1 Å². The Hall–Kier alpha value is -1.57. The number of benzene rings is 1. The number of allylic oxidation sites excluding steroid dienone is 1. The summed E-state index contributed by atoms with van der Waals surface area (Å²) in [5, 5.41) is 0. The number of piperidine rings is 1. The summed E-state index contributed by atoms with van der Waals surface area (Å²) in [6.45, 7) is 8.07. The molecule has 0 aromatic heterocycles. The summed E-state index contributed by atoms with van der Waals surface area (Å²) in [7, 11) is 0. The van der Waals surface area contributed by atoms with Crippen LogP contribution in [0.3, 0.4) is 0 Å². The van der Waals surface area contributed by atoms with Gasteiger partial charge in [0.05, 0.1) is 5.69 Å². The van der Waals surface area contributed by atoms with Crippen molar-refractivity contribution in [3.05, 3.63) is 41.6 Å². The first-order valence-corrected chi connectivity index (χ1v) is 5.67. The predicted octanol–water partition coefficient (Wildman–Crippen LogP) is 3.33.